The molecule has 0 aromatic heterocycles. The highest BCUT2D eigenvalue weighted by Gasteiger charge is 2.40. The molecule has 1 N–H and O–H groups in total. The van der Waals surface area contributed by atoms with Crippen LogP contribution in [0.15, 0.2) is 72.8 Å². The van der Waals surface area contributed by atoms with Crippen LogP contribution in [0, 0.1) is 0 Å². The molecule has 0 bridgehead atoms. The lowest BCUT2D eigenvalue weighted by molar-refractivity contribution is -0.127. The fraction of sp³-hybridized carbons (Fsp3) is 0.355. The Morgan fingerprint density at radius 3 is 2.17 bits per heavy atom. The average Bonchev–Trinajstić information content (AvgIpc) is 3.35. The highest BCUT2D eigenvalue weighted by atomic mass is 35.5. The van der Waals surface area contributed by atoms with Crippen LogP contribution in [0.5, 0.6) is 0 Å². The zero-order valence-electron chi connectivity index (χ0n) is 23.4. The number of likely N-dealkylation sites (tertiary alicyclic amines) is 2. The minimum absolute atomic E-state index is 0.106. The lowest BCUT2D eigenvalue weighted by Crippen LogP contribution is -2.61. The molecule has 2 heterocycles. The van der Waals surface area contributed by atoms with Crippen molar-refractivity contribution in [2.24, 2.45) is 0 Å². The molecular formula is C31H34Cl2N4O4S. The van der Waals surface area contributed by atoms with E-state index in [2.05, 4.69) is 10.2 Å². The first-order valence-electron chi connectivity index (χ1n) is 14.0. The van der Waals surface area contributed by atoms with Crippen molar-refractivity contribution in [3.63, 3.8) is 0 Å². The molecule has 0 radical (unpaired) electrons. The first-order valence-corrected chi connectivity index (χ1v) is 16.6. The van der Waals surface area contributed by atoms with Gasteiger partial charge in [-0.25, -0.2) is 8.42 Å². The topological polar surface area (TPSA) is 90.0 Å². The second-order valence-electron chi connectivity index (χ2n) is 10.8. The third kappa shape index (κ3) is 7.09. The molecule has 0 unspecified atom stereocenters. The molecule has 0 aliphatic carbocycles. The van der Waals surface area contributed by atoms with Crippen molar-refractivity contribution in [2.75, 3.05) is 43.3 Å². The Hall–Kier alpha value is -3.11. The predicted molar refractivity (Wildman–Crippen MR) is 167 cm³/mol. The van der Waals surface area contributed by atoms with Crippen LogP contribution in [0.3, 0.4) is 0 Å². The molecule has 5 rings (SSSR count). The van der Waals surface area contributed by atoms with Crippen molar-refractivity contribution in [3.8, 4) is 0 Å². The second kappa shape index (κ2) is 13.0. The summed E-state index contributed by atoms with van der Waals surface area (Å²) in [6.45, 7) is 2.81. The van der Waals surface area contributed by atoms with E-state index in [4.69, 9.17) is 23.2 Å². The number of benzene rings is 3. The van der Waals surface area contributed by atoms with E-state index in [1.807, 2.05) is 53.4 Å². The molecule has 3 aromatic carbocycles. The van der Waals surface area contributed by atoms with Gasteiger partial charge in [0.2, 0.25) is 15.9 Å². The van der Waals surface area contributed by atoms with Crippen LogP contribution in [0.4, 0.5) is 5.69 Å². The molecule has 11 heteroatoms. The Bertz CT molecular complexity index is 1480. The largest absolute Gasteiger partial charge is 0.352 e. The summed E-state index contributed by atoms with van der Waals surface area (Å²) in [5.74, 6) is -0.115. The number of sulfonamides is 1. The molecule has 0 atom stereocenters. The summed E-state index contributed by atoms with van der Waals surface area (Å²) < 4.78 is 27.5. The number of nitrogens with one attached hydrogen (secondary N) is 1. The van der Waals surface area contributed by atoms with Crippen molar-refractivity contribution in [1.82, 2.24) is 15.1 Å². The number of halogens is 2. The van der Waals surface area contributed by atoms with Gasteiger partial charge in [0.15, 0.2) is 0 Å². The number of hydrogen-bond donors (Lipinski definition) is 1. The summed E-state index contributed by atoms with van der Waals surface area (Å²) in [7, 11) is -3.64. The van der Waals surface area contributed by atoms with Crippen molar-refractivity contribution >= 4 is 50.7 Å². The van der Waals surface area contributed by atoms with Crippen LogP contribution in [0.25, 0.3) is 0 Å². The zero-order chi connectivity index (χ0) is 29.9. The minimum atomic E-state index is -3.64. The Morgan fingerprint density at radius 1 is 1.00 bits per heavy atom. The van der Waals surface area contributed by atoms with E-state index < -0.39 is 10.0 Å². The van der Waals surface area contributed by atoms with Crippen LogP contribution in [0.1, 0.15) is 46.8 Å². The van der Waals surface area contributed by atoms with E-state index in [0.717, 1.165) is 24.1 Å². The lowest BCUT2D eigenvalue weighted by atomic mass is 9.93. The molecule has 2 amide bonds. The maximum absolute atomic E-state index is 13.0. The summed E-state index contributed by atoms with van der Waals surface area (Å²) in [5, 5.41) is 4.18. The quantitative estimate of drug-likeness (QED) is 0.303. The number of carbonyl (C=O) groups excluding carboxylic acids is 2. The summed E-state index contributed by atoms with van der Waals surface area (Å²) in [6.07, 6.45) is 3.33. The van der Waals surface area contributed by atoms with Gasteiger partial charge in [0.25, 0.3) is 5.91 Å². The number of hydrogen-bond acceptors (Lipinski definition) is 5. The summed E-state index contributed by atoms with van der Waals surface area (Å²) in [5.41, 5.74) is 2.92. The lowest BCUT2D eigenvalue weighted by Gasteiger charge is -2.48. The highest BCUT2D eigenvalue weighted by molar-refractivity contribution is 7.92. The third-order valence-corrected chi connectivity index (χ3v) is 9.47. The number of nitrogens with zero attached hydrogens (tertiary/aromatic N) is 3. The van der Waals surface area contributed by atoms with E-state index in [-0.39, 0.29) is 23.9 Å². The first kappa shape index (κ1) is 30.4. The molecular weight excluding hydrogens is 595 g/mol. The van der Waals surface area contributed by atoms with Crippen LogP contribution in [-0.2, 0) is 14.8 Å². The van der Waals surface area contributed by atoms with Crippen molar-refractivity contribution in [1.29, 1.82) is 0 Å². The van der Waals surface area contributed by atoms with Gasteiger partial charge in [0, 0.05) is 54.8 Å². The minimum Gasteiger partial charge on any atom is -0.352 e. The van der Waals surface area contributed by atoms with Crippen molar-refractivity contribution in [3.05, 3.63) is 99.5 Å². The predicted octanol–water partition coefficient (Wildman–Crippen LogP) is 4.98. The second-order valence-corrected chi connectivity index (χ2v) is 13.5. The van der Waals surface area contributed by atoms with Crippen LogP contribution in [0.2, 0.25) is 10.0 Å². The number of carbonyl (C=O) groups is 2. The van der Waals surface area contributed by atoms with Gasteiger partial charge < -0.3 is 10.2 Å². The van der Waals surface area contributed by atoms with Gasteiger partial charge in [-0.3, -0.25) is 18.8 Å². The van der Waals surface area contributed by atoms with Gasteiger partial charge >= 0.3 is 0 Å². The monoisotopic (exact) mass is 628 g/mol. The van der Waals surface area contributed by atoms with Gasteiger partial charge in [-0.15, -0.1) is 0 Å². The van der Waals surface area contributed by atoms with Gasteiger partial charge in [-0.1, -0.05) is 53.5 Å². The van der Waals surface area contributed by atoms with Gasteiger partial charge in [0.05, 0.1) is 24.0 Å². The van der Waals surface area contributed by atoms with E-state index >= 15 is 0 Å². The molecule has 2 saturated heterocycles. The molecule has 0 saturated carbocycles. The normalized spacial score (nSPS) is 16.1. The molecule has 8 nitrogen and oxygen atoms in total. The number of rotatable bonds is 11. The Balaban J connectivity index is 1.28. The molecule has 42 heavy (non-hydrogen) atoms. The van der Waals surface area contributed by atoms with Crippen molar-refractivity contribution in [2.45, 2.75) is 31.3 Å². The van der Waals surface area contributed by atoms with E-state index in [1.54, 1.807) is 24.3 Å². The van der Waals surface area contributed by atoms with Gasteiger partial charge in [-0.2, -0.15) is 0 Å². The Kier molecular flexibility index (Phi) is 9.42. The fourth-order valence-corrected chi connectivity index (χ4v) is 7.15. The standard InChI is InChI=1S/C31H34Cl2N4O4S/c1-42(40,41)37(27-6-2-5-24(19-27)31(39)34-16-4-18-35-17-3-7-29(35)38)28-20-36(21-28)30(22-8-12-25(32)13-9-22)23-10-14-26(33)15-11-23/h2,5-6,8-15,19,28,30H,3-4,7,16-18,20-21H2,1H3,(H,34,39). The fourth-order valence-electron chi connectivity index (χ4n) is 5.72. The molecule has 3 aromatic rings. The molecule has 2 fully saturated rings. The maximum atomic E-state index is 13.0. The molecule has 2 aliphatic heterocycles. The average molecular weight is 630 g/mol. The van der Waals surface area contributed by atoms with Crippen LogP contribution < -0.4 is 9.62 Å². The molecule has 2 aliphatic rings. The Morgan fingerprint density at radius 2 is 1.62 bits per heavy atom. The molecule has 0 spiro atoms. The van der Waals surface area contributed by atoms with Crippen LogP contribution in [-0.4, -0.2) is 75.1 Å². The van der Waals surface area contributed by atoms with E-state index in [0.29, 0.717) is 60.3 Å². The van der Waals surface area contributed by atoms with E-state index in [1.165, 1.54) is 10.6 Å². The Labute approximate surface area is 257 Å². The summed E-state index contributed by atoms with van der Waals surface area (Å²) >= 11 is 12.3. The smallest absolute Gasteiger partial charge is 0.251 e. The van der Waals surface area contributed by atoms with Gasteiger partial charge in [0.1, 0.15) is 0 Å². The first-order chi connectivity index (χ1) is 20.1. The van der Waals surface area contributed by atoms with E-state index in [9.17, 15) is 18.0 Å². The number of anilines is 1. The van der Waals surface area contributed by atoms with Crippen molar-refractivity contribution < 1.29 is 18.0 Å². The van der Waals surface area contributed by atoms with Crippen LogP contribution >= 0.6 is 23.2 Å². The molecule has 222 valence electrons. The third-order valence-electron chi connectivity index (χ3n) is 7.74. The highest BCUT2D eigenvalue weighted by Crippen LogP contribution is 2.36. The summed E-state index contributed by atoms with van der Waals surface area (Å²) in [4.78, 5) is 28.7. The SMILES string of the molecule is CS(=O)(=O)N(c1cccc(C(=O)NCCCN2CCCC2=O)c1)C1CN(C(c2ccc(Cl)cc2)c2ccc(Cl)cc2)C1. The summed E-state index contributed by atoms with van der Waals surface area (Å²) in [6, 6.07) is 21.6. The zero-order valence-corrected chi connectivity index (χ0v) is 25.7. The maximum Gasteiger partial charge on any atom is 0.251 e. The number of amides is 2. The van der Waals surface area contributed by atoms with Gasteiger partial charge in [-0.05, 0) is 66.4 Å².